The zero-order chi connectivity index (χ0) is 23.4. The molecule has 0 amide bonds. The maximum atomic E-state index is 12.1. The van der Waals surface area contributed by atoms with Crippen molar-refractivity contribution in [1.29, 1.82) is 0 Å². The number of carbonyl (C=O) groups is 1. The fourth-order valence-electron chi connectivity index (χ4n) is 4.75. The van der Waals surface area contributed by atoms with Crippen molar-refractivity contribution < 1.29 is 23.7 Å². The van der Waals surface area contributed by atoms with E-state index in [9.17, 15) is 4.79 Å². The minimum atomic E-state index is -0.296. The van der Waals surface area contributed by atoms with Gasteiger partial charge in [-0.05, 0) is 66.3 Å². The topological polar surface area (TPSA) is 54.0 Å². The van der Waals surface area contributed by atoms with Crippen LogP contribution in [-0.4, -0.2) is 25.8 Å². The summed E-state index contributed by atoms with van der Waals surface area (Å²) in [5.41, 5.74) is 4.45. The molecular formula is C29H30O5. The Hall–Kier alpha value is -3.31. The molecule has 1 saturated heterocycles. The molecule has 1 heterocycles. The monoisotopic (exact) mass is 458 g/mol. The Morgan fingerprint density at radius 3 is 2.47 bits per heavy atom. The van der Waals surface area contributed by atoms with E-state index in [1.165, 1.54) is 11.1 Å². The lowest BCUT2D eigenvalue weighted by Gasteiger charge is -2.41. The largest absolute Gasteiger partial charge is 0.489 e. The molecule has 34 heavy (non-hydrogen) atoms. The third-order valence-corrected chi connectivity index (χ3v) is 6.68. The van der Waals surface area contributed by atoms with Crippen LogP contribution in [0.25, 0.3) is 0 Å². The second-order valence-electron chi connectivity index (χ2n) is 9.06. The molecule has 0 radical (unpaired) electrons. The molecule has 0 aromatic heterocycles. The normalized spacial score (nSPS) is 18.0. The van der Waals surface area contributed by atoms with E-state index in [1.54, 1.807) is 0 Å². The highest BCUT2D eigenvalue weighted by Gasteiger charge is 2.42. The molecule has 1 fully saturated rings. The number of rotatable bonds is 9. The smallest absolute Gasteiger partial charge is 0.306 e. The van der Waals surface area contributed by atoms with Crippen LogP contribution in [0.15, 0.2) is 72.8 Å². The quantitative estimate of drug-likeness (QED) is 0.393. The van der Waals surface area contributed by atoms with E-state index in [1.807, 2.05) is 55.5 Å². The number of benzene rings is 3. The van der Waals surface area contributed by atoms with Crippen molar-refractivity contribution in [3.05, 3.63) is 95.1 Å². The molecule has 5 heteroatoms. The molecule has 5 rings (SSSR count). The fraction of sp³-hybridized carbons (Fsp3) is 0.345. The first kappa shape index (κ1) is 22.5. The maximum absolute atomic E-state index is 12.1. The number of aryl methyl sites for hydroxylation is 1. The van der Waals surface area contributed by atoms with Crippen LogP contribution in [0.4, 0.5) is 0 Å². The minimum Gasteiger partial charge on any atom is -0.489 e. The van der Waals surface area contributed by atoms with Gasteiger partial charge in [-0.25, -0.2) is 0 Å². The third kappa shape index (κ3) is 4.80. The predicted molar refractivity (Wildman–Crippen MR) is 129 cm³/mol. The van der Waals surface area contributed by atoms with Gasteiger partial charge in [-0.3, -0.25) is 4.79 Å². The molecule has 176 valence electrons. The highest BCUT2D eigenvalue weighted by molar-refractivity contribution is 5.72. The van der Waals surface area contributed by atoms with Crippen LogP contribution in [0.5, 0.6) is 11.5 Å². The van der Waals surface area contributed by atoms with Gasteiger partial charge in [0.25, 0.3) is 0 Å². The molecule has 0 N–H and O–H groups in total. The van der Waals surface area contributed by atoms with Crippen LogP contribution in [-0.2, 0) is 32.7 Å². The summed E-state index contributed by atoms with van der Waals surface area (Å²) in [6, 6.07) is 24.6. The first-order valence-electron chi connectivity index (χ1n) is 12.0. The van der Waals surface area contributed by atoms with Gasteiger partial charge in [-0.15, -0.1) is 0 Å². The second kappa shape index (κ2) is 9.90. The van der Waals surface area contributed by atoms with E-state index in [0.29, 0.717) is 32.8 Å². The maximum Gasteiger partial charge on any atom is 0.306 e. The fourth-order valence-corrected chi connectivity index (χ4v) is 4.75. The molecule has 1 aliphatic heterocycles. The van der Waals surface area contributed by atoms with Crippen LogP contribution >= 0.6 is 0 Å². The molecule has 0 bridgehead atoms. The third-order valence-electron chi connectivity index (χ3n) is 6.68. The van der Waals surface area contributed by atoms with Crippen molar-refractivity contribution >= 4 is 5.97 Å². The van der Waals surface area contributed by atoms with E-state index in [2.05, 4.69) is 24.3 Å². The zero-order valence-corrected chi connectivity index (χ0v) is 19.5. The van der Waals surface area contributed by atoms with Gasteiger partial charge in [0.15, 0.2) is 0 Å². The lowest BCUT2D eigenvalue weighted by atomic mass is 9.76. The van der Waals surface area contributed by atoms with E-state index in [-0.39, 0.29) is 17.5 Å². The summed E-state index contributed by atoms with van der Waals surface area (Å²) in [5, 5.41) is 0. The van der Waals surface area contributed by atoms with Crippen molar-refractivity contribution in [3.63, 3.8) is 0 Å². The first-order valence-corrected chi connectivity index (χ1v) is 12.0. The molecule has 3 aromatic carbocycles. The highest BCUT2D eigenvalue weighted by Crippen LogP contribution is 2.39. The lowest BCUT2D eigenvalue weighted by Crippen LogP contribution is -2.48. The van der Waals surface area contributed by atoms with Gasteiger partial charge in [0.2, 0.25) is 0 Å². The zero-order valence-electron chi connectivity index (χ0n) is 19.5. The van der Waals surface area contributed by atoms with Crippen LogP contribution in [0.2, 0.25) is 0 Å². The molecule has 2 aliphatic rings. The van der Waals surface area contributed by atoms with Crippen molar-refractivity contribution in [2.75, 3.05) is 19.8 Å². The molecule has 1 aliphatic carbocycles. The Balaban J connectivity index is 1.25. The summed E-state index contributed by atoms with van der Waals surface area (Å²) < 4.78 is 23.0. The number of fused-ring (bicyclic) bond motifs is 1. The molecule has 1 atom stereocenters. The Morgan fingerprint density at radius 2 is 1.76 bits per heavy atom. The average molecular weight is 459 g/mol. The van der Waals surface area contributed by atoms with E-state index in [4.69, 9.17) is 18.9 Å². The standard InChI is InChI=1S/C29H30O5/c1-2-32-28(30)17-29(19-31-20-29)23-10-13-24(14-11-23)34-27-15-9-22-8-12-25(16-26(22)27)33-18-21-6-4-3-5-7-21/h3-8,10-14,16,27H,2,9,15,17-20H2,1H3. The number of ether oxygens (including phenoxy) is 4. The van der Waals surface area contributed by atoms with E-state index >= 15 is 0 Å². The van der Waals surface area contributed by atoms with Crippen LogP contribution in [0.1, 0.15) is 48.1 Å². The Bertz CT molecular complexity index is 1120. The van der Waals surface area contributed by atoms with Gasteiger partial charge in [0.1, 0.15) is 24.2 Å². The summed E-state index contributed by atoms with van der Waals surface area (Å²) in [4.78, 5) is 12.1. The first-order chi connectivity index (χ1) is 16.6. The Kier molecular flexibility index (Phi) is 6.54. The van der Waals surface area contributed by atoms with Gasteiger partial charge in [0.05, 0.1) is 31.7 Å². The van der Waals surface area contributed by atoms with Crippen LogP contribution < -0.4 is 9.47 Å². The van der Waals surface area contributed by atoms with Gasteiger partial charge in [-0.2, -0.15) is 0 Å². The van der Waals surface area contributed by atoms with Crippen molar-refractivity contribution in [3.8, 4) is 11.5 Å². The Labute approximate surface area is 200 Å². The van der Waals surface area contributed by atoms with Crippen molar-refractivity contribution in [2.24, 2.45) is 0 Å². The second-order valence-corrected chi connectivity index (χ2v) is 9.06. The van der Waals surface area contributed by atoms with Gasteiger partial charge >= 0.3 is 5.97 Å². The minimum absolute atomic E-state index is 0.00153. The lowest BCUT2D eigenvalue weighted by molar-refractivity contribution is -0.151. The summed E-state index contributed by atoms with van der Waals surface area (Å²) in [7, 11) is 0. The number of hydrogen-bond acceptors (Lipinski definition) is 5. The molecule has 3 aromatic rings. The summed E-state index contributed by atoms with van der Waals surface area (Å²) in [6.45, 7) is 3.84. The van der Waals surface area contributed by atoms with E-state index < -0.39 is 0 Å². The van der Waals surface area contributed by atoms with Crippen molar-refractivity contribution in [2.45, 2.75) is 44.3 Å². The summed E-state index contributed by atoms with van der Waals surface area (Å²) in [5.74, 6) is 1.50. The van der Waals surface area contributed by atoms with Crippen molar-refractivity contribution in [1.82, 2.24) is 0 Å². The predicted octanol–water partition coefficient (Wildman–Crippen LogP) is 5.55. The average Bonchev–Trinajstić information content (AvgIpc) is 3.23. The molecule has 0 saturated carbocycles. The van der Waals surface area contributed by atoms with E-state index in [0.717, 1.165) is 35.5 Å². The number of esters is 1. The summed E-state index contributed by atoms with van der Waals surface area (Å²) in [6.07, 6.45) is 2.28. The van der Waals surface area contributed by atoms with Gasteiger partial charge in [-0.1, -0.05) is 48.5 Å². The number of hydrogen-bond donors (Lipinski definition) is 0. The van der Waals surface area contributed by atoms with Crippen LogP contribution in [0, 0.1) is 0 Å². The molecule has 1 unspecified atom stereocenters. The Morgan fingerprint density at radius 1 is 1.00 bits per heavy atom. The van der Waals surface area contributed by atoms with Crippen LogP contribution in [0.3, 0.4) is 0 Å². The summed E-state index contributed by atoms with van der Waals surface area (Å²) >= 11 is 0. The molecule has 5 nitrogen and oxygen atoms in total. The molecular weight excluding hydrogens is 428 g/mol. The van der Waals surface area contributed by atoms with Gasteiger partial charge < -0.3 is 18.9 Å². The highest BCUT2D eigenvalue weighted by atomic mass is 16.5. The SMILES string of the molecule is CCOC(=O)CC1(c2ccc(OC3CCc4ccc(OCc5ccccc5)cc43)cc2)COC1. The molecule has 0 spiro atoms. The van der Waals surface area contributed by atoms with Gasteiger partial charge in [0, 0.05) is 0 Å². The number of carbonyl (C=O) groups excluding carboxylic acids is 1.